The number of carbonyl (C=O) groups is 1. The smallest absolute Gasteiger partial charge is 0.250 e. The van der Waals surface area contributed by atoms with Crippen LogP contribution in [0.5, 0.6) is 5.75 Å². The molecule has 1 fully saturated rings. The fourth-order valence-corrected chi connectivity index (χ4v) is 5.57. The van der Waals surface area contributed by atoms with E-state index in [1.807, 2.05) is 64.2 Å². The van der Waals surface area contributed by atoms with Gasteiger partial charge in [-0.3, -0.25) is 9.78 Å². The van der Waals surface area contributed by atoms with Gasteiger partial charge in [0.2, 0.25) is 5.91 Å². The van der Waals surface area contributed by atoms with Crippen molar-refractivity contribution in [2.45, 2.75) is 12.1 Å². The molecule has 0 saturated carbocycles. The quantitative estimate of drug-likeness (QED) is 0.249. The molecule has 3 heterocycles. The van der Waals surface area contributed by atoms with Crippen LogP contribution in [-0.4, -0.2) is 41.4 Å². The van der Waals surface area contributed by atoms with Crippen LogP contribution in [-0.2, 0) is 9.53 Å². The highest BCUT2D eigenvalue weighted by Gasteiger charge is 2.42. The number of pyridine rings is 1. The number of halogens is 2. The minimum absolute atomic E-state index is 0.0865. The van der Waals surface area contributed by atoms with Gasteiger partial charge in [-0.15, -0.1) is 0 Å². The first-order valence-electron chi connectivity index (χ1n) is 12.0. The van der Waals surface area contributed by atoms with E-state index >= 15 is 0 Å². The fraction of sp³-hybridized carbons (Fsp3) is 0.179. The average molecular weight is 583 g/mol. The molecule has 1 amide bonds. The summed E-state index contributed by atoms with van der Waals surface area (Å²) in [6.45, 7) is -0.0865. The fourth-order valence-electron chi connectivity index (χ4n) is 4.73. The Bertz CT molecular complexity index is 1510. The highest BCUT2D eigenvalue weighted by Crippen LogP contribution is 2.44. The van der Waals surface area contributed by atoms with Crippen LogP contribution in [0.15, 0.2) is 79.1 Å². The molecule has 2 unspecified atom stereocenters. The Morgan fingerprint density at radius 3 is 2.67 bits per heavy atom. The van der Waals surface area contributed by atoms with Crippen LogP contribution in [0.25, 0.3) is 5.69 Å². The predicted octanol–water partition coefficient (Wildman–Crippen LogP) is 5.95. The number of anilines is 2. The van der Waals surface area contributed by atoms with E-state index in [-0.39, 0.29) is 24.6 Å². The largest absolute Gasteiger partial charge is 0.495 e. The Kier molecular flexibility index (Phi) is 8.04. The third-order valence-electron chi connectivity index (χ3n) is 6.36. The second-order valence-electron chi connectivity index (χ2n) is 8.76. The van der Waals surface area contributed by atoms with Gasteiger partial charge < -0.3 is 29.6 Å². The standard InChI is InChI=1S/C28H25Cl2N5O3S/c1-37-16-25(36)32-21-15-18(9-11-24(21)38-2)35-27(26(33-28(35)39)20-6-3-4-12-31-20)23-7-5-13-34(23)22-10-8-17(29)14-19(22)30/h3-15,26-27H,16H2,1-2H3,(H,32,36)(H,33,39). The lowest BCUT2D eigenvalue weighted by atomic mass is 10.0. The predicted molar refractivity (Wildman–Crippen MR) is 157 cm³/mol. The number of hydrogen-bond acceptors (Lipinski definition) is 5. The van der Waals surface area contributed by atoms with Crippen molar-refractivity contribution < 1.29 is 14.3 Å². The minimum atomic E-state index is -0.329. The summed E-state index contributed by atoms with van der Waals surface area (Å²) in [4.78, 5) is 19.0. The number of aromatic nitrogens is 2. The summed E-state index contributed by atoms with van der Waals surface area (Å²) in [6, 6.07) is 20.1. The van der Waals surface area contributed by atoms with Crippen LogP contribution in [0, 0.1) is 0 Å². The van der Waals surface area contributed by atoms with E-state index in [2.05, 4.69) is 15.6 Å². The zero-order valence-corrected chi connectivity index (χ0v) is 23.4. The van der Waals surface area contributed by atoms with Crippen molar-refractivity contribution in [2.24, 2.45) is 0 Å². The van der Waals surface area contributed by atoms with Crippen molar-refractivity contribution in [1.82, 2.24) is 14.9 Å². The van der Waals surface area contributed by atoms with E-state index in [1.165, 1.54) is 7.11 Å². The third-order valence-corrected chi connectivity index (χ3v) is 7.21. The molecular formula is C28H25Cl2N5O3S. The molecule has 2 N–H and O–H groups in total. The number of ether oxygens (including phenoxy) is 2. The lowest BCUT2D eigenvalue weighted by Gasteiger charge is -2.29. The molecule has 0 radical (unpaired) electrons. The summed E-state index contributed by atoms with van der Waals surface area (Å²) < 4.78 is 12.5. The van der Waals surface area contributed by atoms with Crippen molar-refractivity contribution >= 4 is 57.8 Å². The van der Waals surface area contributed by atoms with Crippen molar-refractivity contribution in [1.29, 1.82) is 0 Å². The average Bonchev–Trinajstić information content (AvgIpc) is 3.53. The summed E-state index contributed by atoms with van der Waals surface area (Å²) in [6.07, 6.45) is 3.70. The van der Waals surface area contributed by atoms with Gasteiger partial charge in [0.05, 0.1) is 35.2 Å². The van der Waals surface area contributed by atoms with E-state index in [9.17, 15) is 4.79 Å². The number of nitrogens with one attached hydrogen (secondary N) is 2. The first-order valence-corrected chi connectivity index (χ1v) is 13.2. The molecule has 5 rings (SSSR count). The van der Waals surface area contributed by atoms with Gasteiger partial charge in [0.1, 0.15) is 18.4 Å². The number of methoxy groups -OCH3 is 2. The lowest BCUT2D eigenvalue weighted by Crippen LogP contribution is -2.30. The molecule has 4 aromatic rings. The number of amides is 1. The summed E-state index contributed by atoms with van der Waals surface area (Å²) in [7, 11) is 3.01. The van der Waals surface area contributed by atoms with Crippen LogP contribution in [0.1, 0.15) is 23.5 Å². The molecule has 1 aliphatic rings. The number of carbonyl (C=O) groups excluding carboxylic acids is 1. The van der Waals surface area contributed by atoms with Crippen LogP contribution in [0.4, 0.5) is 11.4 Å². The maximum atomic E-state index is 12.3. The number of hydrogen-bond donors (Lipinski definition) is 2. The van der Waals surface area contributed by atoms with Gasteiger partial charge in [0, 0.05) is 35.9 Å². The Morgan fingerprint density at radius 1 is 1.10 bits per heavy atom. The highest BCUT2D eigenvalue weighted by molar-refractivity contribution is 7.80. The van der Waals surface area contributed by atoms with Crippen LogP contribution in [0.3, 0.4) is 0 Å². The van der Waals surface area contributed by atoms with Gasteiger partial charge in [-0.2, -0.15) is 0 Å². The molecule has 2 aromatic heterocycles. The molecule has 0 spiro atoms. The number of rotatable bonds is 8. The topological polar surface area (TPSA) is 80.7 Å². The number of nitrogens with zero attached hydrogens (tertiary/aromatic N) is 3. The van der Waals surface area contributed by atoms with E-state index in [1.54, 1.807) is 31.5 Å². The molecular weight excluding hydrogens is 557 g/mol. The zero-order valence-electron chi connectivity index (χ0n) is 21.1. The third kappa shape index (κ3) is 5.44. The Labute approximate surface area is 241 Å². The summed E-state index contributed by atoms with van der Waals surface area (Å²) >= 11 is 18.7. The molecule has 1 aliphatic heterocycles. The van der Waals surface area contributed by atoms with Crippen molar-refractivity contribution in [3.63, 3.8) is 0 Å². The summed E-state index contributed by atoms with van der Waals surface area (Å²) in [5.41, 5.74) is 3.77. The van der Waals surface area contributed by atoms with Crippen molar-refractivity contribution in [3.05, 3.63) is 101 Å². The molecule has 8 nitrogen and oxygen atoms in total. The van der Waals surface area contributed by atoms with Crippen molar-refractivity contribution in [2.75, 3.05) is 31.0 Å². The first-order chi connectivity index (χ1) is 18.9. The summed E-state index contributed by atoms with van der Waals surface area (Å²) in [5.74, 6) is 0.208. The van der Waals surface area contributed by atoms with Crippen LogP contribution >= 0.6 is 35.4 Å². The van der Waals surface area contributed by atoms with E-state index in [4.69, 9.17) is 44.9 Å². The van der Waals surface area contributed by atoms with Gasteiger partial charge in [0.25, 0.3) is 0 Å². The number of thiocarbonyl (C=S) groups is 1. The van der Waals surface area contributed by atoms with E-state index in [0.29, 0.717) is 26.6 Å². The van der Waals surface area contributed by atoms with Gasteiger partial charge in [-0.1, -0.05) is 29.3 Å². The SMILES string of the molecule is COCC(=O)Nc1cc(N2C(=S)NC(c3ccccn3)C2c2cccn2-c2ccc(Cl)cc2Cl)ccc1OC. The number of benzene rings is 2. The Hall–Kier alpha value is -3.63. The highest BCUT2D eigenvalue weighted by atomic mass is 35.5. The normalized spacial score (nSPS) is 16.7. The van der Waals surface area contributed by atoms with E-state index in [0.717, 1.165) is 22.8 Å². The molecule has 200 valence electrons. The molecule has 2 aromatic carbocycles. The maximum Gasteiger partial charge on any atom is 0.250 e. The zero-order chi connectivity index (χ0) is 27.5. The maximum absolute atomic E-state index is 12.3. The molecule has 0 bridgehead atoms. The Balaban J connectivity index is 1.64. The van der Waals surface area contributed by atoms with Gasteiger partial charge in [0.15, 0.2) is 5.11 Å². The van der Waals surface area contributed by atoms with Gasteiger partial charge in [-0.25, -0.2) is 0 Å². The summed E-state index contributed by atoms with van der Waals surface area (Å²) in [5, 5.41) is 7.89. The van der Waals surface area contributed by atoms with Gasteiger partial charge in [-0.05, 0) is 72.9 Å². The lowest BCUT2D eigenvalue weighted by molar-refractivity contribution is -0.119. The van der Waals surface area contributed by atoms with E-state index < -0.39 is 0 Å². The monoisotopic (exact) mass is 581 g/mol. The van der Waals surface area contributed by atoms with Crippen molar-refractivity contribution in [3.8, 4) is 11.4 Å². The molecule has 2 atom stereocenters. The molecule has 11 heteroatoms. The second-order valence-corrected chi connectivity index (χ2v) is 9.99. The molecule has 0 aliphatic carbocycles. The molecule has 39 heavy (non-hydrogen) atoms. The first kappa shape index (κ1) is 27.0. The Morgan fingerprint density at radius 2 is 1.95 bits per heavy atom. The van der Waals surface area contributed by atoms with Crippen LogP contribution < -0.4 is 20.3 Å². The van der Waals surface area contributed by atoms with Crippen LogP contribution in [0.2, 0.25) is 10.0 Å². The van der Waals surface area contributed by atoms with Gasteiger partial charge >= 0.3 is 0 Å². The minimum Gasteiger partial charge on any atom is -0.495 e. The second kappa shape index (κ2) is 11.6. The molecule has 1 saturated heterocycles.